The number of likely N-dealkylation sites (tertiary alicyclic amines) is 1. The Kier molecular flexibility index (Phi) is 6.44. The fourth-order valence-corrected chi connectivity index (χ4v) is 2.71. The molecule has 5 nitrogen and oxygen atoms in total. The molecule has 5 heteroatoms. The fraction of sp³-hybridized carbons (Fsp3) is 0.556. The summed E-state index contributed by atoms with van der Waals surface area (Å²) in [6.07, 6.45) is 2.44. The topological polar surface area (TPSA) is 47.9 Å². The van der Waals surface area contributed by atoms with E-state index in [1.807, 2.05) is 18.2 Å². The first kappa shape index (κ1) is 17.3. The van der Waals surface area contributed by atoms with Gasteiger partial charge in [-0.05, 0) is 24.3 Å². The first-order valence-electron chi connectivity index (χ1n) is 8.33. The maximum atomic E-state index is 11.9. The molecule has 1 unspecified atom stereocenters. The minimum absolute atomic E-state index is 0.0578. The minimum atomic E-state index is 0.0578. The molecule has 0 radical (unpaired) electrons. The number of piperidine rings is 1. The normalized spacial score (nSPS) is 18.7. The number of amides is 1. The van der Waals surface area contributed by atoms with E-state index in [0.717, 1.165) is 19.0 Å². The number of carbonyl (C=O) groups excluding carboxylic acids is 1. The average Bonchev–Trinajstić information content (AvgIpc) is 2.55. The van der Waals surface area contributed by atoms with Crippen LogP contribution in [0.5, 0.6) is 0 Å². The van der Waals surface area contributed by atoms with E-state index >= 15 is 0 Å². The predicted octanol–water partition coefficient (Wildman–Crippen LogP) is 1.95. The van der Waals surface area contributed by atoms with E-state index in [1.54, 1.807) is 19.0 Å². The summed E-state index contributed by atoms with van der Waals surface area (Å²) in [5.41, 5.74) is 1.18. The van der Waals surface area contributed by atoms with Crippen LogP contribution in [0.15, 0.2) is 35.3 Å². The van der Waals surface area contributed by atoms with E-state index in [-0.39, 0.29) is 12.5 Å². The number of carbonyl (C=O) groups is 1. The van der Waals surface area contributed by atoms with Crippen molar-refractivity contribution >= 4 is 11.9 Å². The summed E-state index contributed by atoms with van der Waals surface area (Å²) in [6, 6.07) is 10.2. The van der Waals surface area contributed by atoms with E-state index in [9.17, 15) is 4.79 Å². The number of benzene rings is 1. The van der Waals surface area contributed by atoms with Gasteiger partial charge in [0, 0.05) is 27.2 Å². The summed E-state index contributed by atoms with van der Waals surface area (Å²) in [5.74, 6) is 1.56. The second-order valence-corrected chi connectivity index (χ2v) is 6.46. The number of hydrogen-bond acceptors (Lipinski definition) is 2. The van der Waals surface area contributed by atoms with Crippen molar-refractivity contribution in [1.29, 1.82) is 0 Å². The summed E-state index contributed by atoms with van der Waals surface area (Å²) in [4.78, 5) is 20.5. The van der Waals surface area contributed by atoms with E-state index in [0.29, 0.717) is 12.5 Å². The Hall–Kier alpha value is -2.04. The third-order valence-corrected chi connectivity index (χ3v) is 4.11. The Morgan fingerprint density at radius 3 is 2.74 bits per heavy atom. The van der Waals surface area contributed by atoms with Crippen LogP contribution in [-0.4, -0.2) is 55.4 Å². The molecular formula is C18H28N4O. The highest BCUT2D eigenvalue weighted by Gasteiger charge is 2.20. The van der Waals surface area contributed by atoms with Gasteiger partial charge in [0.05, 0.1) is 13.1 Å². The number of aliphatic imine (C=N–C) groups is 1. The standard InChI is InChI=1S/C18H28N4O/c1-15-8-7-11-22(14-15)18(20-13-17(23)21(2)3)19-12-16-9-5-4-6-10-16/h4-6,9-10,15H,7-8,11-14H2,1-3H3,(H,19,20). The zero-order valence-corrected chi connectivity index (χ0v) is 14.5. The molecule has 1 amide bonds. The maximum Gasteiger partial charge on any atom is 0.241 e. The lowest BCUT2D eigenvalue weighted by atomic mass is 10.0. The Balaban J connectivity index is 2.05. The molecule has 0 bridgehead atoms. The molecule has 1 aromatic carbocycles. The van der Waals surface area contributed by atoms with E-state index < -0.39 is 0 Å². The molecule has 1 heterocycles. The molecule has 1 aliphatic rings. The Morgan fingerprint density at radius 2 is 2.09 bits per heavy atom. The first-order valence-corrected chi connectivity index (χ1v) is 8.33. The van der Waals surface area contributed by atoms with E-state index in [1.165, 1.54) is 18.4 Å². The SMILES string of the molecule is CC1CCCN(C(=NCc2ccccc2)NCC(=O)N(C)C)C1. The molecule has 23 heavy (non-hydrogen) atoms. The zero-order valence-electron chi connectivity index (χ0n) is 14.5. The number of guanidine groups is 1. The highest BCUT2D eigenvalue weighted by molar-refractivity contribution is 5.86. The van der Waals surface area contributed by atoms with Gasteiger partial charge in [-0.1, -0.05) is 37.3 Å². The lowest BCUT2D eigenvalue weighted by molar-refractivity contribution is -0.127. The average molecular weight is 316 g/mol. The Bertz CT molecular complexity index is 527. The summed E-state index contributed by atoms with van der Waals surface area (Å²) in [5, 5.41) is 3.25. The summed E-state index contributed by atoms with van der Waals surface area (Å²) in [6.45, 7) is 5.18. The molecular weight excluding hydrogens is 288 g/mol. The lowest BCUT2D eigenvalue weighted by Gasteiger charge is -2.33. The lowest BCUT2D eigenvalue weighted by Crippen LogP contribution is -2.48. The highest BCUT2D eigenvalue weighted by Crippen LogP contribution is 2.15. The molecule has 1 N–H and O–H groups in total. The number of nitrogens with one attached hydrogen (secondary N) is 1. The second kappa shape index (κ2) is 8.56. The van der Waals surface area contributed by atoms with Crippen LogP contribution in [-0.2, 0) is 11.3 Å². The predicted molar refractivity (Wildman–Crippen MR) is 94.2 cm³/mol. The highest BCUT2D eigenvalue weighted by atomic mass is 16.2. The van der Waals surface area contributed by atoms with Gasteiger partial charge in [0.15, 0.2) is 5.96 Å². The third kappa shape index (κ3) is 5.58. The van der Waals surface area contributed by atoms with Gasteiger partial charge < -0.3 is 15.1 Å². The molecule has 0 saturated carbocycles. The van der Waals surface area contributed by atoms with Crippen molar-refractivity contribution in [1.82, 2.24) is 15.1 Å². The number of nitrogens with zero attached hydrogens (tertiary/aromatic N) is 3. The molecule has 1 aliphatic heterocycles. The van der Waals surface area contributed by atoms with Crippen molar-refractivity contribution in [2.24, 2.45) is 10.9 Å². The van der Waals surface area contributed by atoms with Crippen LogP contribution in [0.4, 0.5) is 0 Å². The van der Waals surface area contributed by atoms with Crippen LogP contribution in [0.3, 0.4) is 0 Å². The van der Waals surface area contributed by atoms with Crippen LogP contribution in [0.2, 0.25) is 0 Å². The Labute approximate surface area is 139 Å². The van der Waals surface area contributed by atoms with Gasteiger partial charge in [-0.3, -0.25) is 4.79 Å². The van der Waals surface area contributed by atoms with Crippen LogP contribution in [0, 0.1) is 5.92 Å². The van der Waals surface area contributed by atoms with Gasteiger partial charge in [0.1, 0.15) is 0 Å². The quantitative estimate of drug-likeness (QED) is 0.682. The molecule has 0 aliphatic carbocycles. The molecule has 0 spiro atoms. The molecule has 2 rings (SSSR count). The largest absolute Gasteiger partial charge is 0.347 e. The van der Waals surface area contributed by atoms with Crippen molar-refractivity contribution in [3.05, 3.63) is 35.9 Å². The summed E-state index contributed by atoms with van der Waals surface area (Å²) in [7, 11) is 3.54. The molecule has 1 saturated heterocycles. The van der Waals surface area contributed by atoms with Crippen molar-refractivity contribution < 1.29 is 4.79 Å². The third-order valence-electron chi connectivity index (χ3n) is 4.11. The molecule has 1 atom stereocenters. The van der Waals surface area contributed by atoms with Crippen molar-refractivity contribution in [3.63, 3.8) is 0 Å². The minimum Gasteiger partial charge on any atom is -0.347 e. The van der Waals surface area contributed by atoms with Crippen molar-refractivity contribution in [3.8, 4) is 0 Å². The van der Waals surface area contributed by atoms with Gasteiger partial charge in [0.2, 0.25) is 5.91 Å². The van der Waals surface area contributed by atoms with Gasteiger partial charge in [0.25, 0.3) is 0 Å². The van der Waals surface area contributed by atoms with Crippen LogP contribution >= 0.6 is 0 Å². The second-order valence-electron chi connectivity index (χ2n) is 6.46. The van der Waals surface area contributed by atoms with Crippen molar-refractivity contribution in [2.75, 3.05) is 33.7 Å². The van der Waals surface area contributed by atoms with Crippen LogP contribution in [0.25, 0.3) is 0 Å². The molecule has 126 valence electrons. The van der Waals surface area contributed by atoms with Crippen LogP contribution < -0.4 is 5.32 Å². The zero-order chi connectivity index (χ0) is 16.7. The number of hydrogen-bond donors (Lipinski definition) is 1. The van der Waals surface area contributed by atoms with Gasteiger partial charge >= 0.3 is 0 Å². The van der Waals surface area contributed by atoms with Crippen LogP contribution in [0.1, 0.15) is 25.3 Å². The Morgan fingerprint density at radius 1 is 1.35 bits per heavy atom. The first-order chi connectivity index (χ1) is 11.1. The van der Waals surface area contributed by atoms with E-state index in [2.05, 4.69) is 29.3 Å². The van der Waals surface area contributed by atoms with Gasteiger partial charge in [-0.2, -0.15) is 0 Å². The smallest absolute Gasteiger partial charge is 0.241 e. The number of rotatable bonds is 4. The fourth-order valence-electron chi connectivity index (χ4n) is 2.71. The molecule has 0 aromatic heterocycles. The summed E-state index contributed by atoms with van der Waals surface area (Å²) >= 11 is 0. The van der Waals surface area contributed by atoms with Crippen molar-refractivity contribution in [2.45, 2.75) is 26.3 Å². The number of likely N-dealkylation sites (N-methyl/N-ethyl adjacent to an activating group) is 1. The monoisotopic (exact) mass is 316 g/mol. The van der Waals surface area contributed by atoms with Gasteiger partial charge in [-0.15, -0.1) is 0 Å². The van der Waals surface area contributed by atoms with E-state index in [4.69, 9.17) is 4.99 Å². The molecule has 1 aromatic rings. The molecule has 1 fully saturated rings. The van der Waals surface area contributed by atoms with Gasteiger partial charge in [-0.25, -0.2) is 4.99 Å². The summed E-state index contributed by atoms with van der Waals surface area (Å²) < 4.78 is 0. The maximum absolute atomic E-state index is 11.9.